The normalized spacial score (nSPS) is 21.4. The van der Waals surface area contributed by atoms with Gasteiger partial charge in [-0.3, -0.25) is 4.90 Å². The molecule has 0 amide bonds. The Kier molecular flexibility index (Phi) is 4.42. The van der Waals surface area contributed by atoms with E-state index in [1.165, 1.54) is 25.9 Å². The van der Waals surface area contributed by atoms with Crippen molar-refractivity contribution in [2.45, 2.75) is 65.5 Å². The van der Waals surface area contributed by atoms with Crippen LogP contribution in [-0.2, 0) is 4.74 Å². The molecular weight excluding hydrogens is 198 g/mol. The van der Waals surface area contributed by atoms with Gasteiger partial charge in [-0.2, -0.15) is 0 Å². The predicted molar refractivity (Wildman–Crippen MR) is 69.8 cm³/mol. The van der Waals surface area contributed by atoms with Crippen LogP contribution in [0.3, 0.4) is 0 Å². The van der Waals surface area contributed by atoms with Gasteiger partial charge in [0.25, 0.3) is 0 Å². The SMILES string of the molecule is CC(C)(C)OCC1CCN(C(C)(C)C)CC1. The van der Waals surface area contributed by atoms with Crippen molar-refractivity contribution in [1.29, 1.82) is 0 Å². The molecule has 0 spiro atoms. The number of hydrogen-bond acceptors (Lipinski definition) is 2. The Morgan fingerprint density at radius 1 is 1.00 bits per heavy atom. The maximum absolute atomic E-state index is 5.87. The summed E-state index contributed by atoms with van der Waals surface area (Å²) in [5, 5.41) is 0. The molecule has 1 aliphatic rings. The van der Waals surface area contributed by atoms with E-state index in [4.69, 9.17) is 4.74 Å². The molecule has 0 aromatic rings. The molecule has 2 nitrogen and oxygen atoms in total. The molecule has 0 radical (unpaired) electrons. The molecule has 0 saturated carbocycles. The molecule has 1 aliphatic heterocycles. The smallest absolute Gasteiger partial charge is 0.0598 e. The molecule has 16 heavy (non-hydrogen) atoms. The standard InChI is InChI=1S/C14H29NO/c1-13(2,3)15-9-7-12(8-10-15)11-16-14(4,5)6/h12H,7-11H2,1-6H3. The summed E-state index contributed by atoms with van der Waals surface area (Å²) in [4.78, 5) is 2.58. The zero-order valence-corrected chi connectivity index (χ0v) is 12.0. The molecule has 1 saturated heterocycles. The zero-order valence-electron chi connectivity index (χ0n) is 12.0. The molecule has 0 aromatic heterocycles. The molecule has 0 bridgehead atoms. The Labute approximate surface area is 101 Å². The predicted octanol–water partition coefficient (Wildman–Crippen LogP) is 3.31. The van der Waals surface area contributed by atoms with Crippen molar-refractivity contribution in [2.24, 2.45) is 5.92 Å². The Balaban J connectivity index is 2.28. The number of likely N-dealkylation sites (tertiary alicyclic amines) is 1. The number of piperidine rings is 1. The van der Waals surface area contributed by atoms with Crippen LogP contribution in [-0.4, -0.2) is 35.7 Å². The van der Waals surface area contributed by atoms with E-state index in [0.29, 0.717) is 5.54 Å². The molecule has 96 valence electrons. The summed E-state index contributed by atoms with van der Waals surface area (Å²) in [6.45, 7) is 16.7. The van der Waals surface area contributed by atoms with E-state index in [2.05, 4.69) is 46.4 Å². The van der Waals surface area contributed by atoms with E-state index in [9.17, 15) is 0 Å². The van der Waals surface area contributed by atoms with Gasteiger partial charge in [0.1, 0.15) is 0 Å². The fourth-order valence-electron chi connectivity index (χ4n) is 2.14. The maximum Gasteiger partial charge on any atom is 0.0598 e. The average Bonchev–Trinajstić information content (AvgIpc) is 2.13. The highest BCUT2D eigenvalue weighted by Crippen LogP contribution is 2.24. The van der Waals surface area contributed by atoms with Gasteiger partial charge in [0.2, 0.25) is 0 Å². The molecule has 1 fully saturated rings. The van der Waals surface area contributed by atoms with E-state index < -0.39 is 0 Å². The summed E-state index contributed by atoms with van der Waals surface area (Å²) >= 11 is 0. The van der Waals surface area contributed by atoms with Crippen molar-refractivity contribution in [3.05, 3.63) is 0 Å². The van der Waals surface area contributed by atoms with Crippen molar-refractivity contribution in [3.63, 3.8) is 0 Å². The summed E-state index contributed by atoms with van der Waals surface area (Å²) < 4.78 is 5.87. The summed E-state index contributed by atoms with van der Waals surface area (Å²) in [7, 11) is 0. The highest BCUT2D eigenvalue weighted by atomic mass is 16.5. The van der Waals surface area contributed by atoms with E-state index in [0.717, 1.165) is 12.5 Å². The van der Waals surface area contributed by atoms with Crippen LogP contribution in [0.25, 0.3) is 0 Å². The van der Waals surface area contributed by atoms with Crippen molar-refractivity contribution in [3.8, 4) is 0 Å². The van der Waals surface area contributed by atoms with Crippen LogP contribution in [0, 0.1) is 5.92 Å². The van der Waals surface area contributed by atoms with Crippen LogP contribution in [0.1, 0.15) is 54.4 Å². The van der Waals surface area contributed by atoms with Gasteiger partial charge >= 0.3 is 0 Å². The van der Waals surface area contributed by atoms with Crippen LogP contribution < -0.4 is 0 Å². The third-order valence-electron chi connectivity index (χ3n) is 3.32. The molecule has 0 aromatic carbocycles. The first kappa shape index (κ1) is 14.0. The summed E-state index contributed by atoms with van der Waals surface area (Å²) in [5.74, 6) is 0.762. The van der Waals surface area contributed by atoms with Crippen molar-refractivity contribution < 1.29 is 4.74 Å². The summed E-state index contributed by atoms with van der Waals surface area (Å²) in [6.07, 6.45) is 2.57. The number of nitrogens with zero attached hydrogens (tertiary/aromatic N) is 1. The van der Waals surface area contributed by atoms with E-state index in [-0.39, 0.29) is 5.60 Å². The van der Waals surface area contributed by atoms with Crippen molar-refractivity contribution in [1.82, 2.24) is 4.90 Å². The third-order valence-corrected chi connectivity index (χ3v) is 3.32. The lowest BCUT2D eigenvalue weighted by molar-refractivity contribution is -0.0378. The highest BCUT2D eigenvalue weighted by molar-refractivity contribution is 4.81. The van der Waals surface area contributed by atoms with Crippen LogP contribution in [0.5, 0.6) is 0 Å². The van der Waals surface area contributed by atoms with Crippen LogP contribution in [0.2, 0.25) is 0 Å². The van der Waals surface area contributed by atoms with Crippen LogP contribution in [0.15, 0.2) is 0 Å². The Bertz CT molecular complexity index is 204. The summed E-state index contributed by atoms with van der Waals surface area (Å²) in [6, 6.07) is 0. The topological polar surface area (TPSA) is 12.5 Å². The minimum absolute atomic E-state index is 0.0150. The van der Waals surface area contributed by atoms with Gasteiger partial charge in [-0.15, -0.1) is 0 Å². The Hall–Kier alpha value is -0.0800. The third kappa shape index (κ3) is 4.84. The number of rotatable bonds is 2. The van der Waals surface area contributed by atoms with Crippen LogP contribution in [0.4, 0.5) is 0 Å². The Morgan fingerprint density at radius 2 is 1.50 bits per heavy atom. The number of hydrogen-bond donors (Lipinski definition) is 0. The van der Waals surface area contributed by atoms with E-state index in [1.54, 1.807) is 0 Å². The second-order valence-corrected chi connectivity index (χ2v) is 7.02. The van der Waals surface area contributed by atoms with Gasteiger partial charge in [0, 0.05) is 5.54 Å². The fourth-order valence-corrected chi connectivity index (χ4v) is 2.14. The molecule has 1 rings (SSSR count). The highest BCUT2D eigenvalue weighted by Gasteiger charge is 2.27. The number of ether oxygens (including phenoxy) is 1. The zero-order chi connectivity index (χ0) is 12.4. The minimum atomic E-state index is 0.0150. The van der Waals surface area contributed by atoms with E-state index >= 15 is 0 Å². The lowest BCUT2D eigenvalue weighted by Crippen LogP contribution is -2.46. The fraction of sp³-hybridized carbons (Fsp3) is 1.00. The second kappa shape index (κ2) is 5.05. The average molecular weight is 227 g/mol. The summed E-state index contributed by atoms with van der Waals surface area (Å²) in [5.41, 5.74) is 0.344. The quantitative estimate of drug-likeness (QED) is 0.717. The van der Waals surface area contributed by atoms with Gasteiger partial charge in [0.15, 0.2) is 0 Å². The molecule has 2 heteroatoms. The van der Waals surface area contributed by atoms with Gasteiger partial charge < -0.3 is 4.74 Å². The molecular formula is C14H29NO. The second-order valence-electron chi connectivity index (χ2n) is 7.02. The van der Waals surface area contributed by atoms with Gasteiger partial charge in [-0.1, -0.05) is 0 Å². The Morgan fingerprint density at radius 3 is 1.88 bits per heavy atom. The van der Waals surface area contributed by atoms with Gasteiger partial charge in [-0.05, 0) is 73.4 Å². The van der Waals surface area contributed by atoms with Gasteiger partial charge in [0.05, 0.1) is 12.2 Å². The van der Waals surface area contributed by atoms with Gasteiger partial charge in [-0.25, -0.2) is 0 Å². The molecule has 1 heterocycles. The molecule has 0 N–H and O–H groups in total. The van der Waals surface area contributed by atoms with Crippen molar-refractivity contribution in [2.75, 3.05) is 19.7 Å². The first-order valence-electron chi connectivity index (χ1n) is 6.57. The first-order valence-corrected chi connectivity index (χ1v) is 6.57. The van der Waals surface area contributed by atoms with E-state index in [1.807, 2.05) is 0 Å². The molecule has 0 unspecified atom stereocenters. The molecule has 0 aliphatic carbocycles. The van der Waals surface area contributed by atoms with Crippen LogP contribution >= 0.6 is 0 Å². The maximum atomic E-state index is 5.87. The monoisotopic (exact) mass is 227 g/mol. The lowest BCUT2D eigenvalue weighted by atomic mass is 9.93. The minimum Gasteiger partial charge on any atom is -0.376 e. The molecule has 0 atom stereocenters. The van der Waals surface area contributed by atoms with Crippen molar-refractivity contribution >= 4 is 0 Å². The first-order chi connectivity index (χ1) is 7.18. The lowest BCUT2D eigenvalue weighted by Gasteiger charge is -2.41. The largest absolute Gasteiger partial charge is 0.376 e.